The van der Waals surface area contributed by atoms with Crippen LogP contribution in [0.1, 0.15) is 64.7 Å². The molecule has 7 nitrogen and oxygen atoms in total. The molecular weight excluding hydrogens is 324 g/mol. The molecule has 2 rings (SSSR count). The quantitative estimate of drug-likeness (QED) is 0.762. The van der Waals surface area contributed by atoms with Gasteiger partial charge in [0, 0.05) is 18.2 Å². The predicted molar refractivity (Wildman–Crippen MR) is 90.5 cm³/mol. The number of unbranched alkanes of at least 4 members (excludes halogenated alkanes) is 1. The molecule has 1 aromatic carbocycles. The van der Waals surface area contributed by atoms with E-state index in [1.54, 1.807) is 13.8 Å². The summed E-state index contributed by atoms with van der Waals surface area (Å²) in [5.74, 6) is -2.34. The number of hydrogen-bond donors (Lipinski definition) is 1. The van der Waals surface area contributed by atoms with E-state index in [0.717, 1.165) is 12.8 Å². The smallest absolute Gasteiger partial charge is 0.323 e. The van der Waals surface area contributed by atoms with Gasteiger partial charge in [-0.15, -0.1) is 0 Å². The normalized spacial score (nSPS) is 13.4. The van der Waals surface area contributed by atoms with Crippen molar-refractivity contribution in [3.63, 3.8) is 0 Å². The van der Waals surface area contributed by atoms with Gasteiger partial charge in [-0.25, -0.2) is 0 Å². The van der Waals surface area contributed by atoms with Gasteiger partial charge in [0.25, 0.3) is 17.7 Å². The largest absolute Gasteiger partial charge is 0.480 e. The summed E-state index contributed by atoms with van der Waals surface area (Å²) in [6.45, 7) is 5.33. The maximum atomic E-state index is 12.6. The maximum Gasteiger partial charge on any atom is 0.323 e. The van der Waals surface area contributed by atoms with Gasteiger partial charge in [0.05, 0.1) is 11.1 Å². The van der Waals surface area contributed by atoms with E-state index < -0.39 is 24.3 Å². The molecule has 134 valence electrons. The van der Waals surface area contributed by atoms with Crippen LogP contribution in [0.3, 0.4) is 0 Å². The van der Waals surface area contributed by atoms with E-state index in [4.69, 9.17) is 5.11 Å². The van der Waals surface area contributed by atoms with Crippen LogP contribution in [0.15, 0.2) is 18.2 Å². The third kappa shape index (κ3) is 3.70. The first-order chi connectivity index (χ1) is 11.8. The zero-order chi connectivity index (χ0) is 18.7. The molecule has 1 aliphatic rings. The molecule has 0 aliphatic carbocycles. The van der Waals surface area contributed by atoms with Gasteiger partial charge in [0.2, 0.25) is 0 Å². The molecule has 0 spiro atoms. The molecule has 1 aliphatic heterocycles. The summed E-state index contributed by atoms with van der Waals surface area (Å²) in [6.07, 6.45) is 1.58. The van der Waals surface area contributed by atoms with E-state index in [9.17, 15) is 19.2 Å². The van der Waals surface area contributed by atoms with Crippen LogP contribution in [0, 0.1) is 0 Å². The highest BCUT2D eigenvalue weighted by Crippen LogP contribution is 2.25. The Balaban J connectivity index is 2.32. The molecule has 0 atom stereocenters. The Bertz CT molecular complexity index is 726. The molecule has 3 amide bonds. The van der Waals surface area contributed by atoms with Crippen LogP contribution in [0.2, 0.25) is 0 Å². The number of benzene rings is 1. The fourth-order valence-electron chi connectivity index (χ4n) is 2.74. The van der Waals surface area contributed by atoms with Crippen molar-refractivity contribution >= 4 is 23.7 Å². The number of carboxylic acid groups (broad SMARTS) is 1. The van der Waals surface area contributed by atoms with Crippen LogP contribution >= 0.6 is 0 Å². The number of carbonyl (C=O) groups excluding carboxylic acids is 3. The van der Waals surface area contributed by atoms with Crippen LogP contribution in [0.4, 0.5) is 0 Å². The monoisotopic (exact) mass is 346 g/mol. The highest BCUT2D eigenvalue weighted by atomic mass is 16.4. The van der Waals surface area contributed by atoms with Gasteiger partial charge in [-0.1, -0.05) is 13.3 Å². The van der Waals surface area contributed by atoms with Crippen molar-refractivity contribution in [2.45, 2.75) is 39.7 Å². The third-order valence-electron chi connectivity index (χ3n) is 4.14. The number of imide groups is 1. The Morgan fingerprint density at radius 2 is 1.80 bits per heavy atom. The fourth-order valence-corrected chi connectivity index (χ4v) is 2.74. The van der Waals surface area contributed by atoms with Crippen LogP contribution in [0.5, 0.6) is 0 Å². The number of aliphatic carboxylic acids is 1. The highest BCUT2D eigenvalue weighted by molar-refractivity contribution is 6.22. The number of amides is 3. The number of nitrogens with zero attached hydrogens (tertiary/aromatic N) is 2. The van der Waals surface area contributed by atoms with E-state index in [1.807, 2.05) is 6.92 Å². The lowest BCUT2D eigenvalue weighted by molar-refractivity contribution is -0.138. The second-order valence-corrected chi connectivity index (χ2v) is 6.30. The van der Waals surface area contributed by atoms with Crippen molar-refractivity contribution in [1.29, 1.82) is 0 Å². The third-order valence-corrected chi connectivity index (χ3v) is 4.14. The van der Waals surface area contributed by atoms with Gasteiger partial charge in [0.1, 0.15) is 6.54 Å². The van der Waals surface area contributed by atoms with Crippen molar-refractivity contribution in [2.75, 3.05) is 13.1 Å². The SMILES string of the molecule is CCCCN1C(=O)c2ccc(C(=O)N(CC(=O)O)C(C)C)cc2C1=O. The zero-order valence-corrected chi connectivity index (χ0v) is 14.6. The summed E-state index contributed by atoms with van der Waals surface area (Å²) in [6, 6.07) is 4.01. The van der Waals surface area contributed by atoms with Gasteiger partial charge < -0.3 is 10.0 Å². The van der Waals surface area contributed by atoms with Crippen molar-refractivity contribution in [3.05, 3.63) is 34.9 Å². The van der Waals surface area contributed by atoms with Crippen LogP contribution in [-0.2, 0) is 4.79 Å². The molecule has 1 N–H and O–H groups in total. The lowest BCUT2D eigenvalue weighted by atomic mass is 10.0. The fraction of sp³-hybridized carbons (Fsp3) is 0.444. The second kappa shape index (κ2) is 7.46. The molecule has 1 heterocycles. The Kier molecular flexibility index (Phi) is 5.56. The van der Waals surface area contributed by atoms with Gasteiger partial charge >= 0.3 is 5.97 Å². The van der Waals surface area contributed by atoms with E-state index in [0.29, 0.717) is 6.54 Å². The molecule has 1 aromatic rings. The van der Waals surface area contributed by atoms with Crippen LogP contribution in [-0.4, -0.2) is 57.7 Å². The molecule has 7 heteroatoms. The van der Waals surface area contributed by atoms with E-state index in [2.05, 4.69) is 0 Å². The molecule has 0 fully saturated rings. The van der Waals surface area contributed by atoms with Gasteiger partial charge in [-0.3, -0.25) is 24.1 Å². The minimum Gasteiger partial charge on any atom is -0.480 e. The molecule has 0 unspecified atom stereocenters. The Morgan fingerprint density at radius 1 is 1.16 bits per heavy atom. The lowest BCUT2D eigenvalue weighted by Gasteiger charge is -2.25. The number of carboxylic acids is 1. The van der Waals surface area contributed by atoms with Crippen molar-refractivity contribution in [3.8, 4) is 0 Å². The Morgan fingerprint density at radius 3 is 2.36 bits per heavy atom. The first-order valence-electron chi connectivity index (χ1n) is 8.30. The minimum absolute atomic E-state index is 0.200. The Hall–Kier alpha value is -2.70. The summed E-state index contributed by atoms with van der Waals surface area (Å²) in [5, 5.41) is 8.98. The molecule has 0 radical (unpaired) electrons. The zero-order valence-electron chi connectivity index (χ0n) is 14.6. The average molecular weight is 346 g/mol. The summed E-state index contributed by atoms with van der Waals surface area (Å²) in [5.41, 5.74) is 0.685. The molecule has 0 bridgehead atoms. The predicted octanol–water partition coefficient (Wildman–Crippen LogP) is 2.02. The summed E-state index contributed by atoms with van der Waals surface area (Å²) in [4.78, 5) is 50.8. The summed E-state index contributed by atoms with van der Waals surface area (Å²) < 4.78 is 0. The minimum atomic E-state index is -1.11. The van der Waals surface area contributed by atoms with Crippen LogP contribution < -0.4 is 0 Å². The summed E-state index contributed by atoms with van der Waals surface area (Å²) >= 11 is 0. The number of rotatable bonds is 7. The van der Waals surface area contributed by atoms with Gasteiger partial charge in [0.15, 0.2) is 0 Å². The standard InChI is InChI=1S/C18H22N2O5/c1-4-5-8-19-17(24)13-7-6-12(9-14(13)18(19)25)16(23)20(11(2)3)10-15(21)22/h6-7,9,11H,4-5,8,10H2,1-3H3,(H,21,22). The molecule has 0 saturated carbocycles. The molecule has 25 heavy (non-hydrogen) atoms. The van der Waals surface area contributed by atoms with Crippen molar-refractivity contribution < 1.29 is 24.3 Å². The molecule has 0 saturated heterocycles. The maximum absolute atomic E-state index is 12.6. The molecular formula is C18H22N2O5. The van der Waals surface area contributed by atoms with Gasteiger partial charge in [-0.2, -0.15) is 0 Å². The van der Waals surface area contributed by atoms with Crippen LogP contribution in [0.25, 0.3) is 0 Å². The van der Waals surface area contributed by atoms with E-state index in [1.165, 1.54) is 28.0 Å². The first-order valence-corrected chi connectivity index (χ1v) is 8.30. The lowest BCUT2D eigenvalue weighted by Crippen LogP contribution is -2.40. The number of fused-ring (bicyclic) bond motifs is 1. The molecule has 0 aromatic heterocycles. The topological polar surface area (TPSA) is 95.0 Å². The summed E-state index contributed by atoms with van der Waals surface area (Å²) in [7, 11) is 0. The number of hydrogen-bond acceptors (Lipinski definition) is 4. The average Bonchev–Trinajstić information content (AvgIpc) is 2.80. The highest BCUT2D eigenvalue weighted by Gasteiger charge is 2.36. The number of carbonyl (C=O) groups is 4. The van der Waals surface area contributed by atoms with Crippen molar-refractivity contribution in [2.24, 2.45) is 0 Å². The van der Waals surface area contributed by atoms with Crippen molar-refractivity contribution in [1.82, 2.24) is 9.80 Å². The Labute approximate surface area is 146 Å². The van der Waals surface area contributed by atoms with E-state index in [-0.39, 0.29) is 28.6 Å². The van der Waals surface area contributed by atoms with E-state index >= 15 is 0 Å². The van der Waals surface area contributed by atoms with Gasteiger partial charge in [-0.05, 0) is 38.5 Å². The first kappa shape index (κ1) is 18.6. The second-order valence-electron chi connectivity index (χ2n) is 6.30.